The molecule has 1 amide bonds. The first-order chi connectivity index (χ1) is 13.0. The number of nitrogens with zero attached hydrogens (tertiary/aromatic N) is 4. The molecule has 1 saturated heterocycles. The van der Waals surface area contributed by atoms with E-state index in [0.29, 0.717) is 5.69 Å². The first-order valence-corrected chi connectivity index (χ1v) is 10.1. The Morgan fingerprint density at radius 1 is 1.22 bits per heavy atom. The van der Waals surface area contributed by atoms with Gasteiger partial charge in [0, 0.05) is 20.1 Å². The molecule has 5 heteroatoms. The number of carbonyl (C=O) groups is 1. The molecule has 2 heterocycles. The third-order valence-electron chi connectivity index (χ3n) is 5.28. The lowest BCUT2D eigenvalue weighted by Gasteiger charge is -2.36. The van der Waals surface area contributed by atoms with Crippen LogP contribution in [0.3, 0.4) is 0 Å². The Kier molecular flexibility index (Phi) is 6.32. The standard InChI is InChI=1S/C22H32N4O/c1-5-8-19-15-21(25(4)23-19)22(27)26-14-7-6-9-20(26)18-12-10-17(11-13-18)16-24(2)3/h10-13,15,20H,5-9,14,16H2,1-4H3/t20-/m1/s1. The van der Waals surface area contributed by atoms with Gasteiger partial charge in [0.15, 0.2) is 0 Å². The molecule has 27 heavy (non-hydrogen) atoms. The summed E-state index contributed by atoms with van der Waals surface area (Å²) < 4.78 is 1.75. The smallest absolute Gasteiger partial charge is 0.272 e. The van der Waals surface area contributed by atoms with Gasteiger partial charge in [0.1, 0.15) is 5.69 Å². The number of aromatic nitrogens is 2. The molecular weight excluding hydrogens is 336 g/mol. The molecule has 146 valence electrons. The monoisotopic (exact) mass is 368 g/mol. The number of likely N-dealkylation sites (tertiary alicyclic amines) is 1. The van der Waals surface area contributed by atoms with Crippen LogP contribution in [-0.4, -0.2) is 46.1 Å². The van der Waals surface area contributed by atoms with E-state index in [2.05, 4.69) is 60.2 Å². The van der Waals surface area contributed by atoms with Crippen molar-refractivity contribution in [2.75, 3.05) is 20.6 Å². The topological polar surface area (TPSA) is 41.4 Å². The van der Waals surface area contributed by atoms with Crippen LogP contribution >= 0.6 is 0 Å². The number of hydrogen-bond acceptors (Lipinski definition) is 3. The van der Waals surface area contributed by atoms with Crippen molar-refractivity contribution < 1.29 is 4.79 Å². The highest BCUT2D eigenvalue weighted by Crippen LogP contribution is 2.32. The number of carbonyl (C=O) groups excluding carboxylic acids is 1. The van der Waals surface area contributed by atoms with Crippen LogP contribution in [0.2, 0.25) is 0 Å². The van der Waals surface area contributed by atoms with E-state index >= 15 is 0 Å². The molecular formula is C22H32N4O. The molecule has 0 N–H and O–H groups in total. The normalized spacial score (nSPS) is 17.5. The fraction of sp³-hybridized carbons (Fsp3) is 0.545. The van der Waals surface area contributed by atoms with Crippen LogP contribution in [0.5, 0.6) is 0 Å². The molecule has 1 aliphatic rings. The molecule has 0 unspecified atom stereocenters. The number of amides is 1. The molecule has 0 saturated carbocycles. The van der Waals surface area contributed by atoms with Crippen LogP contribution in [0.4, 0.5) is 0 Å². The number of piperidine rings is 1. The summed E-state index contributed by atoms with van der Waals surface area (Å²) in [5, 5.41) is 4.52. The molecule has 1 atom stereocenters. The maximum Gasteiger partial charge on any atom is 0.272 e. The highest BCUT2D eigenvalue weighted by molar-refractivity contribution is 5.93. The van der Waals surface area contributed by atoms with E-state index in [1.54, 1.807) is 4.68 Å². The highest BCUT2D eigenvalue weighted by Gasteiger charge is 2.30. The minimum absolute atomic E-state index is 0.106. The van der Waals surface area contributed by atoms with Gasteiger partial charge in [0.05, 0.1) is 11.7 Å². The van der Waals surface area contributed by atoms with E-state index in [1.807, 2.05) is 13.1 Å². The van der Waals surface area contributed by atoms with E-state index in [1.165, 1.54) is 17.5 Å². The van der Waals surface area contributed by atoms with Crippen LogP contribution < -0.4 is 0 Å². The maximum absolute atomic E-state index is 13.3. The largest absolute Gasteiger partial charge is 0.330 e. The Balaban J connectivity index is 1.81. The summed E-state index contributed by atoms with van der Waals surface area (Å²) >= 11 is 0. The second-order valence-electron chi connectivity index (χ2n) is 7.88. The van der Waals surface area contributed by atoms with Gasteiger partial charge in [-0.2, -0.15) is 5.10 Å². The molecule has 3 rings (SSSR count). The average Bonchev–Trinajstić information content (AvgIpc) is 3.02. The van der Waals surface area contributed by atoms with E-state index < -0.39 is 0 Å². The van der Waals surface area contributed by atoms with Gasteiger partial charge in [-0.1, -0.05) is 37.6 Å². The van der Waals surface area contributed by atoms with Crippen LogP contribution in [0.15, 0.2) is 30.3 Å². The Hall–Kier alpha value is -2.14. The van der Waals surface area contributed by atoms with Gasteiger partial charge < -0.3 is 9.80 Å². The maximum atomic E-state index is 13.3. The van der Waals surface area contributed by atoms with Gasteiger partial charge in [0.25, 0.3) is 5.91 Å². The molecule has 0 aliphatic carbocycles. The van der Waals surface area contributed by atoms with Crippen LogP contribution in [-0.2, 0) is 20.0 Å². The number of aryl methyl sites for hydroxylation is 2. The number of rotatable bonds is 6. The van der Waals surface area contributed by atoms with E-state index in [-0.39, 0.29) is 11.9 Å². The fourth-order valence-electron chi connectivity index (χ4n) is 3.98. The van der Waals surface area contributed by atoms with E-state index in [0.717, 1.165) is 44.5 Å². The molecule has 0 spiro atoms. The van der Waals surface area contributed by atoms with Crippen molar-refractivity contribution in [2.45, 2.75) is 51.6 Å². The fourth-order valence-corrected chi connectivity index (χ4v) is 3.98. The third kappa shape index (κ3) is 4.59. The van der Waals surface area contributed by atoms with Crippen LogP contribution in [0, 0.1) is 0 Å². The van der Waals surface area contributed by atoms with Crippen LogP contribution in [0.1, 0.15) is 66.0 Å². The SMILES string of the molecule is CCCc1cc(C(=O)N2CCCC[C@@H]2c2ccc(CN(C)C)cc2)n(C)n1. The Bertz CT molecular complexity index is 763. The Morgan fingerprint density at radius 3 is 2.63 bits per heavy atom. The summed E-state index contributed by atoms with van der Waals surface area (Å²) in [5.41, 5.74) is 4.24. The van der Waals surface area contributed by atoms with Gasteiger partial charge in [-0.05, 0) is 57.0 Å². The Labute approximate surface area is 163 Å². The predicted octanol–water partition coefficient (Wildman–Crippen LogP) is 3.80. The van der Waals surface area contributed by atoms with Crippen molar-refractivity contribution in [3.05, 3.63) is 52.8 Å². The lowest BCUT2D eigenvalue weighted by Crippen LogP contribution is -2.39. The minimum atomic E-state index is 0.106. The summed E-state index contributed by atoms with van der Waals surface area (Å²) in [5.74, 6) is 0.106. The zero-order valence-corrected chi connectivity index (χ0v) is 17.1. The van der Waals surface area contributed by atoms with Crippen LogP contribution in [0.25, 0.3) is 0 Å². The minimum Gasteiger partial charge on any atom is -0.330 e. The number of benzene rings is 1. The Morgan fingerprint density at radius 2 is 1.96 bits per heavy atom. The molecule has 1 aromatic heterocycles. The van der Waals surface area contributed by atoms with E-state index in [9.17, 15) is 4.79 Å². The molecule has 0 bridgehead atoms. The van der Waals surface area contributed by atoms with Gasteiger partial charge in [0.2, 0.25) is 0 Å². The van der Waals surface area contributed by atoms with Gasteiger partial charge in [-0.25, -0.2) is 0 Å². The van der Waals surface area contributed by atoms with Crippen molar-refractivity contribution in [1.29, 1.82) is 0 Å². The lowest BCUT2D eigenvalue weighted by atomic mass is 9.94. The number of hydrogen-bond donors (Lipinski definition) is 0. The zero-order valence-electron chi connectivity index (χ0n) is 17.1. The molecule has 2 aromatic rings. The summed E-state index contributed by atoms with van der Waals surface area (Å²) in [4.78, 5) is 17.5. The van der Waals surface area contributed by atoms with Crippen molar-refractivity contribution in [1.82, 2.24) is 19.6 Å². The first kappa shape index (κ1) is 19.6. The first-order valence-electron chi connectivity index (χ1n) is 10.1. The summed E-state index contributed by atoms with van der Waals surface area (Å²) in [6.07, 6.45) is 5.22. The predicted molar refractivity (Wildman–Crippen MR) is 109 cm³/mol. The lowest BCUT2D eigenvalue weighted by molar-refractivity contribution is 0.0600. The molecule has 1 fully saturated rings. The third-order valence-corrected chi connectivity index (χ3v) is 5.28. The van der Waals surface area contributed by atoms with E-state index in [4.69, 9.17) is 0 Å². The average molecular weight is 369 g/mol. The van der Waals surface area contributed by atoms with Gasteiger partial charge in [-0.15, -0.1) is 0 Å². The van der Waals surface area contributed by atoms with Gasteiger partial charge >= 0.3 is 0 Å². The molecule has 5 nitrogen and oxygen atoms in total. The summed E-state index contributed by atoms with van der Waals surface area (Å²) in [6.45, 7) is 3.89. The highest BCUT2D eigenvalue weighted by atomic mass is 16.2. The summed E-state index contributed by atoms with van der Waals surface area (Å²) in [7, 11) is 6.04. The zero-order chi connectivity index (χ0) is 19.4. The molecule has 0 radical (unpaired) electrons. The molecule has 1 aliphatic heterocycles. The van der Waals surface area contributed by atoms with Crippen molar-refractivity contribution in [3.8, 4) is 0 Å². The van der Waals surface area contributed by atoms with Crippen molar-refractivity contribution in [2.24, 2.45) is 7.05 Å². The van der Waals surface area contributed by atoms with Crippen molar-refractivity contribution in [3.63, 3.8) is 0 Å². The second-order valence-corrected chi connectivity index (χ2v) is 7.88. The second kappa shape index (κ2) is 8.70. The quantitative estimate of drug-likeness (QED) is 0.779. The van der Waals surface area contributed by atoms with Crippen molar-refractivity contribution >= 4 is 5.91 Å². The molecule has 1 aromatic carbocycles. The summed E-state index contributed by atoms with van der Waals surface area (Å²) in [6, 6.07) is 10.9. The van der Waals surface area contributed by atoms with Gasteiger partial charge in [-0.3, -0.25) is 9.48 Å².